The second-order valence-electron chi connectivity index (χ2n) is 9.20. The highest BCUT2D eigenvalue weighted by Crippen LogP contribution is 2.31. The van der Waals surface area contributed by atoms with E-state index in [-0.39, 0.29) is 11.8 Å². The molecular formula is C25H30BN5O. The summed E-state index contributed by atoms with van der Waals surface area (Å²) in [5.41, 5.74) is 5.23. The van der Waals surface area contributed by atoms with Crippen LogP contribution >= 0.6 is 0 Å². The smallest absolute Gasteiger partial charge is 0.228 e. The fourth-order valence-electron chi connectivity index (χ4n) is 4.88. The van der Waals surface area contributed by atoms with E-state index in [0.717, 1.165) is 66.4 Å². The number of rotatable bonds is 5. The number of anilines is 1. The molecule has 0 radical (unpaired) electrons. The highest BCUT2D eigenvalue weighted by atomic mass is 16.1. The number of nitrogens with zero attached hydrogens (tertiary/aromatic N) is 3. The summed E-state index contributed by atoms with van der Waals surface area (Å²) in [7, 11) is 4.23. The van der Waals surface area contributed by atoms with Gasteiger partial charge in [-0.05, 0) is 69.2 Å². The number of hydrogen-bond donors (Lipinski definition) is 2. The van der Waals surface area contributed by atoms with Gasteiger partial charge in [0, 0.05) is 17.4 Å². The zero-order valence-corrected chi connectivity index (χ0v) is 18.8. The molecule has 0 unspecified atom stereocenters. The van der Waals surface area contributed by atoms with Gasteiger partial charge in [0.1, 0.15) is 5.82 Å². The fourth-order valence-corrected chi connectivity index (χ4v) is 4.88. The lowest BCUT2D eigenvalue weighted by Crippen LogP contribution is -2.25. The number of carbonyl (C=O) groups is 1. The summed E-state index contributed by atoms with van der Waals surface area (Å²) in [6, 6.07) is 17.0. The molecule has 2 fully saturated rings. The van der Waals surface area contributed by atoms with Crippen LogP contribution in [0.15, 0.2) is 54.7 Å². The van der Waals surface area contributed by atoms with Gasteiger partial charge in [0.15, 0.2) is 7.98 Å². The molecule has 0 spiro atoms. The van der Waals surface area contributed by atoms with Gasteiger partial charge in [0.25, 0.3) is 0 Å². The first-order valence-electron chi connectivity index (χ1n) is 11.5. The van der Waals surface area contributed by atoms with Crippen molar-refractivity contribution in [3.63, 3.8) is 0 Å². The van der Waals surface area contributed by atoms with E-state index in [0.29, 0.717) is 6.04 Å². The molecule has 2 aliphatic heterocycles. The third-order valence-corrected chi connectivity index (χ3v) is 6.86. The molecule has 2 atom stereocenters. The first-order valence-corrected chi connectivity index (χ1v) is 11.5. The maximum absolute atomic E-state index is 12.4. The number of H-pyrrole nitrogens is 1. The normalized spacial score (nSPS) is 21.8. The minimum Gasteiger partial charge on any atom is -0.348 e. The van der Waals surface area contributed by atoms with E-state index in [1.54, 1.807) is 0 Å². The van der Waals surface area contributed by atoms with E-state index in [2.05, 4.69) is 71.4 Å². The zero-order chi connectivity index (χ0) is 22.1. The highest BCUT2D eigenvalue weighted by molar-refractivity contribution is 6.05. The Morgan fingerprint density at radius 3 is 2.34 bits per heavy atom. The van der Waals surface area contributed by atoms with Crippen LogP contribution < -0.4 is 5.32 Å². The summed E-state index contributed by atoms with van der Waals surface area (Å²) in [4.78, 5) is 25.2. The molecule has 5 rings (SSSR count). The van der Waals surface area contributed by atoms with Gasteiger partial charge in [-0.25, -0.2) is 4.98 Å². The third-order valence-electron chi connectivity index (χ3n) is 6.86. The van der Waals surface area contributed by atoms with Crippen molar-refractivity contribution < 1.29 is 4.79 Å². The molecule has 164 valence electrons. The van der Waals surface area contributed by atoms with E-state index in [9.17, 15) is 4.79 Å². The quantitative estimate of drug-likeness (QED) is 0.614. The van der Waals surface area contributed by atoms with E-state index in [1.807, 2.05) is 18.3 Å². The Kier molecular flexibility index (Phi) is 5.85. The summed E-state index contributed by atoms with van der Waals surface area (Å²) in [6.07, 6.45) is 5.33. The number of benzene rings is 2. The number of aromatic nitrogens is 2. The van der Waals surface area contributed by atoms with Gasteiger partial charge in [0.05, 0.1) is 17.7 Å². The third kappa shape index (κ3) is 4.36. The Morgan fingerprint density at radius 1 is 1.03 bits per heavy atom. The Bertz CT molecular complexity index is 1080. The minimum absolute atomic E-state index is 0.0869. The molecule has 7 heteroatoms. The molecule has 0 saturated carbocycles. The molecule has 0 aliphatic carbocycles. The molecule has 1 aromatic heterocycles. The standard InChI is InChI=1S/C25H30BN5O/c1-30-13-2-3-23(30)24-27-15-22(29-24)19-6-4-17(5-7-19)18-8-10-21(11-9-18)28-25(32)20-12-14-31(26)16-20/h4-11,15,20,23H,2-3,12-14,16,26H2,1H3,(H,27,29)(H,28,32)/t20-,23+/m1/s1. The highest BCUT2D eigenvalue weighted by Gasteiger charge is 2.26. The van der Waals surface area contributed by atoms with Crippen molar-refractivity contribution in [1.82, 2.24) is 19.7 Å². The van der Waals surface area contributed by atoms with Crippen molar-refractivity contribution in [2.75, 3.05) is 32.0 Å². The number of imidazole rings is 1. The van der Waals surface area contributed by atoms with Gasteiger partial charge in [-0.1, -0.05) is 36.4 Å². The molecule has 2 N–H and O–H groups in total. The van der Waals surface area contributed by atoms with Crippen LogP contribution in [0.25, 0.3) is 22.4 Å². The lowest BCUT2D eigenvalue weighted by Gasteiger charge is -2.16. The summed E-state index contributed by atoms with van der Waals surface area (Å²) < 4.78 is 0. The Morgan fingerprint density at radius 2 is 1.72 bits per heavy atom. The number of amides is 1. The van der Waals surface area contributed by atoms with Crippen LogP contribution in [0.1, 0.15) is 31.1 Å². The molecule has 32 heavy (non-hydrogen) atoms. The maximum Gasteiger partial charge on any atom is 0.228 e. The molecule has 1 amide bonds. The van der Waals surface area contributed by atoms with Crippen LogP contribution in [0.4, 0.5) is 5.69 Å². The second kappa shape index (κ2) is 8.92. The Labute approximate surface area is 190 Å². The molecule has 3 aromatic rings. The van der Waals surface area contributed by atoms with Gasteiger partial charge in [-0.3, -0.25) is 9.69 Å². The summed E-state index contributed by atoms with van der Waals surface area (Å²) in [5.74, 6) is 1.27. The SMILES string of the molecule is BN1CC[C@@H](C(=O)Nc2ccc(-c3ccc(-c4c[nH]c([C@@H]5CCCN5C)n4)cc3)cc2)C1. The fraction of sp³-hybridized carbons (Fsp3) is 0.360. The van der Waals surface area contributed by atoms with Gasteiger partial charge < -0.3 is 15.1 Å². The van der Waals surface area contributed by atoms with Gasteiger partial charge in [-0.2, -0.15) is 0 Å². The first-order chi connectivity index (χ1) is 15.6. The predicted molar refractivity (Wildman–Crippen MR) is 131 cm³/mol. The van der Waals surface area contributed by atoms with Crippen molar-refractivity contribution in [3.8, 4) is 22.4 Å². The van der Waals surface area contributed by atoms with Crippen molar-refractivity contribution >= 4 is 19.6 Å². The lowest BCUT2D eigenvalue weighted by molar-refractivity contribution is -0.119. The van der Waals surface area contributed by atoms with Gasteiger partial charge in [0.2, 0.25) is 5.91 Å². The van der Waals surface area contributed by atoms with Crippen molar-refractivity contribution in [2.24, 2.45) is 5.92 Å². The summed E-state index contributed by atoms with van der Waals surface area (Å²) >= 11 is 0. The van der Waals surface area contributed by atoms with Crippen LogP contribution in [0.2, 0.25) is 0 Å². The van der Waals surface area contributed by atoms with Crippen LogP contribution in [-0.2, 0) is 4.79 Å². The topological polar surface area (TPSA) is 64.3 Å². The van der Waals surface area contributed by atoms with Gasteiger partial charge >= 0.3 is 0 Å². The molecule has 2 saturated heterocycles. The molecular weight excluding hydrogens is 397 g/mol. The van der Waals surface area contributed by atoms with E-state index in [1.165, 1.54) is 6.42 Å². The van der Waals surface area contributed by atoms with Crippen LogP contribution in [0, 0.1) is 5.92 Å². The zero-order valence-electron chi connectivity index (χ0n) is 18.8. The van der Waals surface area contributed by atoms with Crippen molar-refractivity contribution in [3.05, 3.63) is 60.6 Å². The molecule has 0 bridgehead atoms. The first kappa shape index (κ1) is 21.0. The Hall–Kier alpha value is -2.90. The van der Waals surface area contributed by atoms with E-state index < -0.39 is 0 Å². The Balaban J connectivity index is 1.24. The monoisotopic (exact) mass is 427 g/mol. The maximum atomic E-state index is 12.4. The van der Waals surface area contributed by atoms with Crippen LogP contribution in [0.5, 0.6) is 0 Å². The van der Waals surface area contributed by atoms with Crippen molar-refractivity contribution in [2.45, 2.75) is 25.3 Å². The van der Waals surface area contributed by atoms with Crippen LogP contribution in [0.3, 0.4) is 0 Å². The summed E-state index contributed by atoms with van der Waals surface area (Å²) in [5, 5.41) is 3.06. The van der Waals surface area contributed by atoms with Crippen LogP contribution in [-0.4, -0.2) is 60.2 Å². The average molecular weight is 427 g/mol. The van der Waals surface area contributed by atoms with E-state index >= 15 is 0 Å². The second-order valence-corrected chi connectivity index (χ2v) is 9.20. The number of carbonyl (C=O) groups excluding carboxylic acids is 1. The number of nitrogens with one attached hydrogen (secondary N) is 2. The van der Waals surface area contributed by atoms with E-state index in [4.69, 9.17) is 4.98 Å². The lowest BCUT2D eigenvalue weighted by atomic mass is 10.0. The molecule has 3 heterocycles. The summed E-state index contributed by atoms with van der Waals surface area (Å²) in [6.45, 7) is 2.96. The molecule has 2 aromatic carbocycles. The number of likely N-dealkylation sites (tertiary alicyclic amines) is 1. The average Bonchev–Trinajstić information content (AvgIpc) is 3.55. The number of hydrogen-bond acceptors (Lipinski definition) is 4. The number of aromatic amines is 1. The minimum atomic E-state index is 0.0869. The molecule has 6 nitrogen and oxygen atoms in total. The van der Waals surface area contributed by atoms with Crippen molar-refractivity contribution in [1.29, 1.82) is 0 Å². The largest absolute Gasteiger partial charge is 0.348 e. The van der Waals surface area contributed by atoms with Gasteiger partial charge in [-0.15, -0.1) is 0 Å². The predicted octanol–water partition coefficient (Wildman–Crippen LogP) is 3.32. The molecule has 2 aliphatic rings.